The van der Waals surface area contributed by atoms with E-state index in [9.17, 15) is 9.59 Å². The van der Waals surface area contributed by atoms with Crippen molar-refractivity contribution >= 4 is 23.5 Å². The normalized spacial score (nSPS) is 11.3. The van der Waals surface area contributed by atoms with E-state index in [0.717, 1.165) is 11.3 Å². The van der Waals surface area contributed by atoms with Crippen LogP contribution in [0.1, 0.15) is 30.9 Å². The number of rotatable bonds is 11. The van der Waals surface area contributed by atoms with Crippen LogP contribution in [-0.4, -0.2) is 71.9 Å². The Kier molecular flexibility index (Phi) is 11.6. The zero-order valence-electron chi connectivity index (χ0n) is 23.9. The molecule has 0 bridgehead atoms. The van der Waals surface area contributed by atoms with Crippen LogP contribution in [0, 0.1) is 23.2 Å². The lowest BCUT2D eigenvalue weighted by Gasteiger charge is -2.23. The molecule has 0 saturated heterocycles. The molecular formula is C32H35N7O2. The first kappa shape index (κ1) is 30.6. The van der Waals surface area contributed by atoms with Gasteiger partial charge in [0.25, 0.3) is 0 Å². The SMILES string of the molecule is C[C@@H](C(=O)NCCCC#Cc1cnc(Nc2ccc(C#N)cc2)nc1-c1ccccc1)N(C)C(=O)C=CCN(C)C. The molecule has 3 aromatic rings. The minimum atomic E-state index is -0.584. The van der Waals surface area contributed by atoms with Crippen LogP contribution in [0.4, 0.5) is 11.6 Å². The average Bonchev–Trinajstić information content (AvgIpc) is 2.99. The molecule has 0 saturated carbocycles. The maximum Gasteiger partial charge on any atom is 0.246 e. The number of amides is 2. The number of benzene rings is 2. The Balaban J connectivity index is 1.58. The number of carbonyl (C=O) groups excluding carboxylic acids is 2. The van der Waals surface area contributed by atoms with Crippen molar-refractivity contribution in [1.29, 1.82) is 5.26 Å². The molecule has 1 atom stereocenters. The number of carbonyl (C=O) groups is 2. The maximum atomic E-state index is 12.5. The standard InChI is InChI=1S/C32H35N7O2/c1-24(39(4)29(40)15-11-21-38(2)3)31(41)34-20-10-6-9-14-27-23-35-32(36-28-18-16-25(22-33)17-19-28)37-30(27)26-12-7-5-8-13-26/h5,7-8,11-13,15-19,23-24H,6,10,20-21H2,1-4H3,(H,34,41)(H,35,36,37)/t24-/m0/s1. The fourth-order valence-corrected chi connectivity index (χ4v) is 3.65. The summed E-state index contributed by atoms with van der Waals surface area (Å²) in [6.45, 7) is 2.81. The molecule has 2 N–H and O–H groups in total. The van der Waals surface area contributed by atoms with Crippen LogP contribution < -0.4 is 10.6 Å². The van der Waals surface area contributed by atoms with Crippen molar-refractivity contribution < 1.29 is 9.59 Å². The van der Waals surface area contributed by atoms with Crippen LogP contribution in [0.2, 0.25) is 0 Å². The molecule has 2 aromatic carbocycles. The predicted molar refractivity (Wildman–Crippen MR) is 161 cm³/mol. The van der Waals surface area contributed by atoms with E-state index in [1.165, 1.54) is 11.0 Å². The van der Waals surface area contributed by atoms with Crippen molar-refractivity contribution in [3.8, 4) is 29.2 Å². The lowest BCUT2D eigenvalue weighted by Crippen LogP contribution is -2.45. The van der Waals surface area contributed by atoms with E-state index in [2.05, 4.69) is 33.5 Å². The molecule has 1 heterocycles. The third kappa shape index (κ3) is 9.61. The summed E-state index contributed by atoms with van der Waals surface area (Å²) in [5, 5.41) is 15.1. The fraction of sp³-hybridized carbons (Fsp3) is 0.281. The summed E-state index contributed by atoms with van der Waals surface area (Å²) in [6, 6.07) is 18.3. The van der Waals surface area contributed by atoms with Gasteiger partial charge in [0.15, 0.2) is 0 Å². The summed E-state index contributed by atoms with van der Waals surface area (Å²) in [4.78, 5) is 37.3. The van der Waals surface area contributed by atoms with Crippen LogP contribution in [0.15, 0.2) is 72.9 Å². The molecule has 3 rings (SSSR count). The first-order valence-corrected chi connectivity index (χ1v) is 13.3. The Morgan fingerprint density at radius 1 is 1.07 bits per heavy atom. The van der Waals surface area contributed by atoms with E-state index in [1.54, 1.807) is 50.5 Å². The highest BCUT2D eigenvalue weighted by molar-refractivity contribution is 5.92. The molecule has 0 radical (unpaired) electrons. The number of unbranched alkanes of at least 4 members (excludes halogenated alkanes) is 1. The molecule has 9 heteroatoms. The number of nitrogens with one attached hydrogen (secondary N) is 2. The van der Waals surface area contributed by atoms with Crippen molar-refractivity contribution in [3.05, 3.63) is 84.1 Å². The van der Waals surface area contributed by atoms with Crippen LogP contribution in [0.25, 0.3) is 11.3 Å². The van der Waals surface area contributed by atoms with Gasteiger partial charge < -0.3 is 20.4 Å². The highest BCUT2D eigenvalue weighted by Gasteiger charge is 2.20. The molecule has 0 aliphatic rings. The molecule has 0 fully saturated rings. The molecule has 0 unspecified atom stereocenters. The van der Waals surface area contributed by atoms with E-state index >= 15 is 0 Å². The van der Waals surface area contributed by atoms with Gasteiger partial charge in [-0.05, 0) is 51.7 Å². The van der Waals surface area contributed by atoms with Crippen LogP contribution >= 0.6 is 0 Å². The number of aromatic nitrogens is 2. The lowest BCUT2D eigenvalue weighted by atomic mass is 10.1. The summed E-state index contributed by atoms with van der Waals surface area (Å²) in [6.07, 6.45) is 6.18. The molecule has 0 spiro atoms. The number of hydrogen-bond donors (Lipinski definition) is 2. The van der Waals surface area contributed by atoms with Gasteiger partial charge in [0.2, 0.25) is 17.8 Å². The van der Waals surface area contributed by atoms with Crippen molar-refractivity contribution in [2.45, 2.75) is 25.8 Å². The first-order valence-electron chi connectivity index (χ1n) is 13.3. The van der Waals surface area contributed by atoms with Gasteiger partial charge in [-0.1, -0.05) is 48.2 Å². The smallest absolute Gasteiger partial charge is 0.246 e. The maximum absolute atomic E-state index is 12.5. The summed E-state index contributed by atoms with van der Waals surface area (Å²) in [5.41, 5.74) is 3.67. The van der Waals surface area contributed by atoms with Crippen LogP contribution in [-0.2, 0) is 9.59 Å². The summed E-state index contributed by atoms with van der Waals surface area (Å²) >= 11 is 0. The summed E-state index contributed by atoms with van der Waals surface area (Å²) < 4.78 is 0. The van der Waals surface area contributed by atoms with Gasteiger partial charge in [-0.15, -0.1) is 0 Å². The molecule has 0 aliphatic heterocycles. The zero-order chi connectivity index (χ0) is 29.6. The third-order valence-corrected chi connectivity index (χ3v) is 6.15. The molecular weight excluding hydrogens is 514 g/mol. The van der Waals surface area contributed by atoms with Gasteiger partial charge in [-0.3, -0.25) is 9.59 Å². The van der Waals surface area contributed by atoms with Crippen LogP contribution in [0.5, 0.6) is 0 Å². The molecule has 41 heavy (non-hydrogen) atoms. The monoisotopic (exact) mass is 549 g/mol. The number of anilines is 2. The lowest BCUT2D eigenvalue weighted by molar-refractivity contribution is -0.135. The Labute approximate surface area is 241 Å². The van der Waals surface area contributed by atoms with Crippen LogP contribution in [0.3, 0.4) is 0 Å². The average molecular weight is 550 g/mol. The number of nitrogens with zero attached hydrogens (tertiary/aromatic N) is 5. The Bertz CT molecular complexity index is 1450. The highest BCUT2D eigenvalue weighted by atomic mass is 16.2. The van der Waals surface area contributed by atoms with E-state index in [0.29, 0.717) is 48.7 Å². The van der Waals surface area contributed by atoms with Gasteiger partial charge in [-0.2, -0.15) is 5.26 Å². The molecule has 9 nitrogen and oxygen atoms in total. The van der Waals surface area contributed by atoms with Crippen molar-refractivity contribution in [2.75, 3.05) is 39.5 Å². The molecule has 0 aliphatic carbocycles. The largest absolute Gasteiger partial charge is 0.354 e. The summed E-state index contributed by atoms with van der Waals surface area (Å²) in [5.74, 6) is 6.34. The van der Waals surface area contributed by atoms with Gasteiger partial charge in [0, 0.05) is 50.1 Å². The van der Waals surface area contributed by atoms with Crippen molar-refractivity contribution in [1.82, 2.24) is 25.1 Å². The minimum absolute atomic E-state index is 0.208. The second kappa shape index (κ2) is 15.6. The quantitative estimate of drug-likeness (QED) is 0.211. The van der Waals surface area contributed by atoms with Gasteiger partial charge >= 0.3 is 0 Å². The van der Waals surface area contributed by atoms with E-state index in [-0.39, 0.29) is 11.8 Å². The van der Waals surface area contributed by atoms with Gasteiger partial charge in [0.1, 0.15) is 6.04 Å². The Morgan fingerprint density at radius 3 is 2.49 bits per heavy atom. The molecule has 1 aromatic heterocycles. The highest BCUT2D eigenvalue weighted by Crippen LogP contribution is 2.23. The molecule has 210 valence electrons. The van der Waals surface area contributed by atoms with Crippen molar-refractivity contribution in [2.24, 2.45) is 0 Å². The second-order valence-corrected chi connectivity index (χ2v) is 9.62. The Morgan fingerprint density at radius 2 is 1.80 bits per heavy atom. The van der Waals surface area contributed by atoms with Crippen molar-refractivity contribution in [3.63, 3.8) is 0 Å². The summed E-state index contributed by atoms with van der Waals surface area (Å²) in [7, 11) is 5.46. The van der Waals surface area contributed by atoms with E-state index in [4.69, 9.17) is 10.2 Å². The van der Waals surface area contributed by atoms with E-state index in [1.807, 2.05) is 49.3 Å². The Hall–Kier alpha value is -4.99. The predicted octanol–water partition coefficient (Wildman–Crippen LogP) is 3.97. The van der Waals surface area contributed by atoms with E-state index < -0.39 is 6.04 Å². The molecule has 2 amide bonds. The number of likely N-dealkylation sites (N-methyl/N-ethyl adjacent to an activating group) is 2. The number of hydrogen-bond acceptors (Lipinski definition) is 7. The third-order valence-electron chi connectivity index (χ3n) is 6.15. The second-order valence-electron chi connectivity index (χ2n) is 9.62. The zero-order valence-corrected chi connectivity index (χ0v) is 23.9. The topological polar surface area (TPSA) is 114 Å². The minimum Gasteiger partial charge on any atom is -0.354 e. The van der Waals surface area contributed by atoms with Gasteiger partial charge in [-0.25, -0.2) is 9.97 Å². The first-order chi connectivity index (χ1) is 19.8. The van der Waals surface area contributed by atoms with Gasteiger partial charge in [0.05, 0.1) is 22.9 Å². The fourth-order valence-electron chi connectivity index (χ4n) is 3.65. The number of nitriles is 1.